The SMILES string of the molecule is CC1(C)OB(C2CC2c2ccnc(F)c2)OC1(C)C. The predicted octanol–water partition coefficient (Wildman–Crippen LogP) is 3.17. The molecule has 1 saturated heterocycles. The van der Waals surface area contributed by atoms with E-state index in [1.807, 2.05) is 6.07 Å². The largest absolute Gasteiger partial charge is 0.461 e. The van der Waals surface area contributed by atoms with Crippen molar-refractivity contribution in [2.45, 2.75) is 57.1 Å². The topological polar surface area (TPSA) is 31.4 Å². The average molecular weight is 263 g/mol. The van der Waals surface area contributed by atoms with Crippen molar-refractivity contribution in [2.24, 2.45) is 0 Å². The summed E-state index contributed by atoms with van der Waals surface area (Å²) >= 11 is 0. The molecule has 102 valence electrons. The van der Waals surface area contributed by atoms with Gasteiger partial charge in [-0.3, -0.25) is 0 Å². The Hall–Kier alpha value is -0.935. The van der Waals surface area contributed by atoms with E-state index in [-0.39, 0.29) is 18.3 Å². The highest BCUT2D eigenvalue weighted by atomic mass is 19.1. The van der Waals surface area contributed by atoms with Crippen LogP contribution in [-0.2, 0) is 9.31 Å². The minimum Gasteiger partial charge on any atom is -0.403 e. The quantitative estimate of drug-likeness (QED) is 0.606. The van der Waals surface area contributed by atoms with Crippen LogP contribution >= 0.6 is 0 Å². The second-order valence-electron chi connectivity index (χ2n) is 6.54. The molecule has 1 aromatic heterocycles. The molecule has 0 spiro atoms. The van der Waals surface area contributed by atoms with Gasteiger partial charge in [-0.15, -0.1) is 0 Å². The lowest BCUT2D eigenvalue weighted by Gasteiger charge is -2.32. The van der Waals surface area contributed by atoms with Gasteiger partial charge >= 0.3 is 7.12 Å². The Morgan fingerprint density at radius 1 is 1.26 bits per heavy atom. The van der Waals surface area contributed by atoms with Gasteiger partial charge in [0.25, 0.3) is 0 Å². The normalized spacial score (nSPS) is 31.5. The summed E-state index contributed by atoms with van der Waals surface area (Å²) in [7, 11) is -0.189. The Morgan fingerprint density at radius 3 is 2.47 bits per heavy atom. The standard InChI is InChI=1S/C14H19BFNO2/c1-13(2)14(3,4)19-15(18-13)11-8-10(11)9-5-6-17-12(16)7-9/h5-7,10-11H,8H2,1-4H3. The fourth-order valence-corrected chi connectivity index (χ4v) is 2.61. The Morgan fingerprint density at radius 2 is 1.89 bits per heavy atom. The molecule has 2 fully saturated rings. The van der Waals surface area contributed by atoms with Gasteiger partial charge in [0, 0.05) is 12.0 Å². The summed E-state index contributed by atoms with van der Waals surface area (Å²) in [6.07, 6.45) is 2.50. The summed E-state index contributed by atoms with van der Waals surface area (Å²) in [6.45, 7) is 8.21. The van der Waals surface area contributed by atoms with Crippen LogP contribution in [0, 0.1) is 5.95 Å². The van der Waals surface area contributed by atoms with Crippen LogP contribution in [0.2, 0.25) is 5.82 Å². The molecule has 2 heterocycles. The Balaban J connectivity index is 1.72. The molecule has 2 unspecified atom stereocenters. The molecule has 1 saturated carbocycles. The Labute approximate surface area is 113 Å². The second-order valence-corrected chi connectivity index (χ2v) is 6.54. The molecule has 0 N–H and O–H groups in total. The van der Waals surface area contributed by atoms with E-state index in [0.717, 1.165) is 12.0 Å². The highest BCUT2D eigenvalue weighted by molar-refractivity contribution is 6.49. The van der Waals surface area contributed by atoms with Crippen molar-refractivity contribution in [3.8, 4) is 0 Å². The van der Waals surface area contributed by atoms with Gasteiger partial charge in [-0.05, 0) is 57.7 Å². The first kappa shape index (κ1) is 13.1. The van der Waals surface area contributed by atoms with Gasteiger partial charge in [-0.2, -0.15) is 4.39 Å². The smallest absolute Gasteiger partial charge is 0.403 e. The summed E-state index contributed by atoms with van der Waals surface area (Å²) in [5.74, 6) is 0.229. The molecular weight excluding hydrogens is 244 g/mol. The molecule has 19 heavy (non-hydrogen) atoms. The lowest BCUT2D eigenvalue weighted by atomic mass is 9.80. The summed E-state index contributed by atoms with van der Waals surface area (Å²) in [4.78, 5) is 3.59. The molecule has 0 radical (unpaired) electrons. The average Bonchev–Trinajstić information content (AvgIpc) is 3.03. The van der Waals surface area contributed by atoms with Crippen molar-refractivity contribution in [1.29, 1.82) is 0 Å². The first-order valence-corrected chi connectivity index (χ1v) is 6.77. The Kier molecular flexibility index (Phi) is 2.77. The van der Waals surface area contributed by atoms with Crippen LogP contribution in [-0.4, -0.2) is 23.3 Å². The van der Waals surface area contributed by atoms with Crippen LogP contribution in [0.5, 0.6) is 0 Å². The first-order valence-electron chi connectivity index (χ1n) is 6.77. The van der Waals surface area contributed by atoms with E-state index in [2.05, 4.69) is 32.7 Å². The third-order valence-electron chi connectivity index (χ3n) is 4.64. The van der Waals surface area contributed by atoms with Crippen molar-refractivity contribution in [3.05, 3.63) is 29.8 Å². The van der Waals surface area contributed by atoms with Gasteiger partial charge in [0.15, 0.2) is 0 Å². The lowest BCUT2D eigenvalue weighted by Crippen LogP contribution is -2.41. The molecule has 2 aliphatic rings. The minimum atomic E-state index is -0.419. The molecule has 2 atom stereocenters. The van der Waals surface area contributed by atoms with Crippen LogP contribution in [0.25, 0.3) is 0 Å². The third-order valence-corrected chi connectivity index (χ3v) is 4.64. The van der Waals surface area contributed by atoms with Crippen LogP contribution in [0.1, 0.15) is 45.6 Å². The molecule has 1 aliphatic carbocycles. The van der Waals surface area contributed by atoms with E-state index < -0.39 is 5.95 Å². The summed E-state index contributed by atoms with van der Waals surface area (Å²) < 4.78 is 25.2. The minimum absolute atomic E-state index is 0.189. The highest BCUT2D eigenvalue weighted by Gasteiger charge is 2.59. The van der Waals surface area contributed by atoms with Crippen molar-refractivity contribution in [2.75, 3.05) is 0 Å². The number of rotatable bonds is 2. The molecule has 0 bridgehead atoms. The zero-order chi connectivity index (χ0) is 13.8. The monoisotopic (exact) mass is 263 g/mol. The lowest BCUT2D eigenvalue weighted by molar-refractivity contribution is 0.00578. The van der Waals surface area contributed by atoms with Gasteiger partial charge in [0.2, 0.25) is 5.95 Å². The number of aromatic nitrogens is 1. The van der Waals surface area contributed by atoms with E-state index in [1.54, 1.807) is 0 Å². The molecular formula is C14H19BFNO2. The van der Waals surface area contributed by atoms with Gasteiger partial charge in [0.1, 0.15) is 0 Å². The van der Waals surface area contributed by atoms with Crippen molar-refractivity contribution in [1.82, 2.24) is 4.98 Å². The van der Waals surface area contributed by atoms with Crippen LogP contribution in [0.4, 0.5) is 4.39 Å². The van der Waals surface area contributed by atoms with Gasteiger partial charge in [-0.25, -0.2) is 4.98 Å². The molecule has 0 amide bonds. The number of halogens is 1. The van der Waals surface area contributed by atoms with Crippen molar-refractivity contribution in [3.63, 3.8) is 0 Å². The predicted molar refractivity (Wildman–Crippen MR) is 71.4 cm³/mol. The molecule has 3 nitrogen and oxygen atoms in total. The van der Waals surface area contributed by atoms with E-state index >= 15 is 0 Å². The molecule has 1 aliphatic heterocycles. The summed E-state index contributed by atoms with van der Waals surface area (Å²) in [6, 6.07) is 3.38. The maximum Gasteiger partial charge on any atom is 0.461 e. The number of nitrogens with zero attached hydrogens (tertiary/aromatic N) is 1. The fraction of sp³-hybridized carbons (Fsp3) is 0.643. The molecule has 5 heteroatoms. The maximum absolute atomic E-state index is 13.1. The Bertz CT molecular complexity index is 490. The van der Waals surface area contributed by atoms with Crippen LogP contribution in [0.3, 0.4) is 0 Å². The zero-order valence-electron chi connectivity index (χ0n) is 11.8. The van der Waals surface area contributed by atoms with Crippen molar-refractivity contribution >= 4 is 7.12 Å². The number of hydrogen-bond donors (Lipinski definition) is 0. The fourth-order valence-electron chi connectivity index (χ4n) is 2.61. The zero-order valence-corrected chi connectivity index (χ0v) is 11.8. The van der Waals surface area contributed by atoms with Gasteiger partial charge < -0.3 is 9.31 Å². The molecule has 1 aromatic rings. The van der Waals surface area contributed by atoms with Gasteiger partial charge in [-0.1, -0.05) is 0 Å². The van der Waals surface area contributed by atoms with Crippen LogP contribution < -0.4 is 0 Å². The van der Waals surface area contributed by atoms with Gasteiger partial charge in [0.05, 0.1) is 11.2 Å². The third kappa shape index (κ3) is 2.19. The van der Waals surface area contributed by atoms with E-state index in [9.17, 15) is 4.39 Å². The van der Waals surface area contributed by atoms with E-state index in [0.29, 0.717) is 11.7 Å². The van der Waals surface area contributed by atoms with Crippen molar-refractivity contribution < 1.29 is 13.7 Å². The first-order chi connectivity index (χ1) is 8.80. The summed E-state index contributed by atoms with van der Waals surface area (Å²) in [5, 5.41) is 0. The second kappa shape index (κ2) is 4.03. The number of pyridine rings is 1. The van der Waals surface area contributed by atoms with Crippen LogP contribution in [0.15, 0.2) is 18.3 Å². The van der Waals surface area contributed by atoms with E-state index in [4.69, 9.17) is 9.31 Å². The number of hydrogen-bond acceptors (Lipinski definition) is 3. The summed E-state index contributed by atoms with van der Waals surface area (Å²) in [5.41, 5.74) is 0.398. The van der Waals surface area contributed by atoms with E-state index in [1.165, 1.54) is 12.3 Å². The molecule has 3 rings (SSSR count). The highest BCUT2D eigenvalue weighted by Crippen LogP contribution is 2.58. The molecule has 0 aromatic carbocycles. The maximum atomic E-state index is 13.1.